The summed E-state index contributed by atoms with van der Waals surface area (Å²) in [5, 5.41) is 13.2. The van der Waals surface area contributed by atoms with Gasteiger partial charge in [0.15, 0.2) is 0 Å². The van der Waals surface area contributed by atoms with Gasteiger partial charge in [0, 0.05) is 0 Å². The fourth-order valence-corrected chi connectivity index (χ4v) is 3.83. The largest absolute Gasteiger partial charge is 0.464 e. The number of hydrogen-bond donors (Lipinski definition) is 3. The summed E-state index contributed by atoms with van der Waals surface area (Å²) in [7, 11) is 1.28. The van der Waals surface area contributed by atoms with Gasteiger partial charge in [0.25, 0.3) is 0 Å². The van der Waals surface area contributed by atoms with Crippen LogP contribution in [-0.4, -0.2) is 52.2 Å². The molecule has 29 heavy (non-hydrogen) atoms. The number of rotatable bonds is 9. The van der Waals surface area contributed by atoms with Gasteiger partial charge in [-0.05, 0) is 17.8 Å². The van der Waals surface area contributed by atoms with Crippen molar-refractivity contribution >= 4 is 18.3 Å². The van der Waals surface area contributed by atoms with Crippen LogP contribution in [0.2, 0.25) is 0 Å². The summed E-state index contributed by atoms with van der Waals surface area (Å²) in [4.78, 5) is 42.9. The number of carbonyl (C=O) groups is 3. The lowest BCUT2D eigenvalue weighted by molar-refractivity contribution is -0.155. The Balaban J connectivity index is 2.19. The minimum Gasteiger partial charge on any atom is -0.464 e. The maximum atomic E-state index is 13.1. The topological polar surface area (TPSA) is 125 Å². The molecule has 0 unspecified atom stereocenters. The molecule has 1 aromatic rings. The minimum absolute atomic E-state index is 0.0612. The fourth-order valence-electron chi connectivity index (χ4n) is 3.83. The van der Waals surface area contributed by atoms with Gasteiger partial charge in [-0.2, -0.15) is 0 Å². The Bertz CT molecular complexity index is 706. The average molecular weight is 408 g/mol. The summed E-state index contributed by atoms with van der Waals surface area (Å²) >= 11 is 0. The number of hydroxylamine groups is 2. The molecule has 2 amide bonds. The van der Waals surface area contributed by atoms with Crippen LogP contribution < -0.4 is 5.32 Å². The monoisotopic (exact) mass is 408 g/mol. The highest BCUT2D eigenvalue weighted by Crippen LogP contribution is 2.34. The van der Waals surface area contributed by atoms with Crippen molar-refractivity contribution < 1.29 is 24.3 Å². The third-order valence-electron chi connectivity index (χ3n) is 5.42. The molecule has 0 aromatic carbocycles. The zero-order chi connectivity index (χ0) is 21.6. The van der Waals surface area contributed by atoms with E-state index in [0.29, 0.717) is 29.6 Å². The van der Waals surface area contributed by atoms with Crippen LogP contribution in [0.1, 0.15) is 75.2 Å². The number of carbonyl (C=O) groups excluding carboxylic acids is 3. The van der Waals surface area contributed by atoms with Crippen LogP contribution in [-0.2, 0) is 14.3 Å². The molecule has 2 rings (SSSR count). The summed E-state index contributed by atoms with van der Waals surface area (Å²) < 4.78 is 4.70. The molecule has 0 saturated heterocycles. The first-order valence-corrected chi connectivity index (χ1v) is 10.00. The van der Waals surface area contributed by atoms with Gasteiger partial charge in [-0.1, -0.05) is 46.5 Å². The average Bonchev–Trinajstić information content (AvgIpc) is 3.35. The van der Waals surface area contributed by atoms with Crippen molar-refractivity contribution in [2.75, 3.05) is 13.7 Å². The standard InChI is InChI=1S/C20H32N4O5/c1-20(2,3)16(17-21-10-15(22-17)19(27)29-4)23-18(26)14(11-24(28)12-25)9-13-7-5-6-8-13/h10,12-14,16,28H,5-9,11H2,1-4H3,(H,21,22)(H,23,26)/t14-,16-/m1/s1. The number of aromatic nitrogens is 2. The van der Waals surface area contributed by atoms with Crippen LogP contribution in [0.15, 0.2) is 6.20 Å². The Morgan fingerprint density at radius 2 is 2.07 bits per heavy atom. The molecule has 0 aliphatic heterocycles. The van der Waals surface area contributed by atoms with E-state index < -0.39 is 23.3 Å². The molecule has 1 saturated carbocycles. The van der Waals surface area contributed by atoms with Gasteiger partial charge in [-0.15, -0.1) is 0 Å². The number of hydrogen-bond acceptors (Lipinski definition) is 6. The van der Waals surface area contributed by atoms with E-state index in [9.17, 15) is 19.6 Å². The molecule has 0 bridgehead atoms. The van der Waals surface area contributed by atoms with E-state index in [1.54, 1.807) is 0 Å². The maximum absolute atomic E-state index is 13.1. The number of H-pyrrole nitrogens is 1. The van der Waals surface area contributed by atoms with Crippen molar-refractivity contribution in [3.63, 3.8) is 0 Å². The van der Waals surface area contributed by atoms with Gasteiger partial charge in [0.2, 0.25) is 12.3 Å². The zero-order valence-corrected chi connectivity index (χ0v) is 17.6. The quantitative estimate of drug-likeness (QED) is 0.249. The summed E-state index contributed by atoms with van der Waals surface area (Å²) in [6, 6.07) is -0.497. The van der Waals surface area contributed by atoms with E-state index >= 15 is 0 Å². The van der Waals surface area contributed by atoms with Crippen molar-refractivity contribution in [1.82, 2.24) is 20.3 Å². The van der Waals surface area contributed by atoms with Gasteiger partial charge in [0.05, 0.1) is 31.8 Å². The van der Waals surface area contributed by atoms with Crippen LogP contribution in [0.4, 0.5) is 0 Å². The highest BCUT2D eigenvalue weighted by molar-refractivity contribution is 5.87. The molecular formula is C20H32N4O5. The lowest BCUT2D eigenvalue weighted by Crippen LogP contribution is -2.43. The highest BCUT2D eigenvalue weighted by atomic mass is 16.5. The van der Waals surface area contributed by atoms with Crippen molar-refractivity contribution in [2.45, 2.75) is 58.9 Å². The SMILES string of the molecule is COC(=O)c1cnc([C@@H](NC(=O)[C@H](CC2CCCC2)CN(O)C=O)C(C)(C)C)[nH]1. The molecule has 9 nitrogen and oxygen atoms in total. The number of nitrogens with one attached hydrogen (secondary N) is 2. The van der Waals surface area contributed by atoms with Crippen LogP contribution in [0.25, 0.3) is 0 Å². The number of aromatic amines is 1. The van der Waals surface area contributed by atoms with Gasteiger partial charge in [-0.25, -0.2) is 14.8 Å². The highest BCUT2D eigenvalue weighted by Gasteiger charge is 2.34. The second-order valence-corrected chi connectivity index (χ2v) is 8.79. The van der Waals surface area contributed by atoms with Crippen molar-refractivity contribution in [1.29, 1.82) is 0 Å². The van der Waals surface area contributed by atoms with Crippen LogP contribution in [0.3, 0.4) is 0 Å². The molecule has 162 valence electrons. The van der Waals surface area contributed by atoms with Crippen LogP contribution >= 0.6 is 0 Å². The third-order valence-corrected chi connectivity index (χ3v) is 5.42. The maximum Gasteiger partial charge on any atom is 0.356 e. The number of imidazole rings is 1. The molecule has 1 fully saturated rings. The van der Waals surface area contributed by atoms with Crippen molar-refractivity contribution in [3.05, 3.63) is 17.7 Å². The van der Waals surface area contributed by atoms with Crippen LogP contribution in [0, 0.1) is 17.3 Å². The molecule has 2 atom stereocenters. The molecule has 1 heterocycles. The zero-order valence-electron chi connectivity index (χ0n) is 17.6. The van der Waals surface area contributed by atoms with E-state index in [-0.39, 0.29) is 18.1 Å². The van der Waals surface area contributed by atoms with Crippen molar-refractivity contribution in [2.24, 2.45) is 17.3 Å². The summed E-state index contributed by atoms with van der Waals surface area (Å²) in [5.41, 5.74) is -0.196. The molecule has 0 radical (unpaired) electrons. The number of nitrogens with zero attached hydrogens (tertiary/aromatic N) is 2. The van der Waals surface area contributed by atoms with Gasteiger partial charge in [-0.3, -0.25) is 14.8 Å². The van der Waals surface area contributed by atoms with E-state index in [2.05, 4.69) is 15.3 Å². The lowest BCUT2D eigenvalue weighted by Gasteiger charge is -2.32. The first kappa shape index (κ1) is 22.9. The minimum atomic E-state index is -0.538. The Labute approximate surface area is 171 Å². The number of esters is 1. The predicted octanol–water partition coefficient (Wildman–Crippen LogP) is 2.44. The summed E-state index contributed by atoms with van der Waals surface area (Å²) in [6.07, 6.45) is 6.69. The number of amides is 2. The third kappa shape index (κ3) is 6.28. The van der Waals surface area contributed by atoms with Crippen molar-refractivity contribution in [3.8, 4) is 0 Å². The Morgan fingerprint density at radius 3 is 2.62 bits per heavy atom. The van der Waals surface area contributed by atoms with Gasteiger partial charge < -0.3 is 15.0 Å². The summed E-state index contributed by atoms with van der Waals surface area (Å²) in [5.74, 6) is -0.471. The number of ether oxygens (including phenoxy) is 1. The second-order valence-electron chi connectivity index (χ2n) is 8.79. The first-order chi connectivity index (χ1) is 13.7. The number of methoxy groups -OCH3 is 1. The van der Waals surface area contributed by atoms with Crippen LogP contribution in [0.5, 0.6) is 0 Å². The van der Waals surface area contributed by atoms with Gasteiger partial charge in [0.1, 0.15) is 11.5 Å². The molecule has 1 aliphatic carbocycles. The Morgan fingerprint density at radius 1 is 1.41 bits per heavy atom. The summed E-state index contributed by atoms with van der Waals surface area (Å²) in [6.45, 7) is 5.80. The molecule has 9 heteroatoms. The van der Waals surface area contributed by atoms with Gasteiger partial charge >= 0.3 is 5.97 Å². The van der Waals surface area contributed by atoms with E-state index in [1.165, 1.54) is 13.3 Å². The molecular weight excluding hydrogens is 376 g/mol. The molecule has 1 aliphatic rings. The van der Waals surface area contributed by atoms with E-state index in [1.807, 2.05) is 20.8 Å². The molecule has 0 spiro atoms. The molecule has 1 aromatic heterocycles. The Hall–Kier alpha value is -2.42. The molecule has 3 N–H and O–H groups in total. The lowest BCUT2D eigenvalue weighted by atomic mass is 9.85. The second kappa shape index (κ2) is 9.87. The smallest absolute Gasteiger partial charge is 0.356 e. The first-order valence-electron chi connectivity index (χ1n) is 10.00. The van der Waals surface area contributed by atoms with E-state index in [4.69, 9.17) is 4.74 Å². The Kier molecular flexibility index (Phi) is 7.78. The normalized spacial score (nSPS) is 16.9. The predicted molar refractivity (Wildman–Crippen MR) is 105 cm³/mol. The fraction of sp³-hybridized carbons (Fsp3) is 0.700. The van der Waals surface area contributed by atoms with E-state index in [0.717, 1.165) is 25.7 Å².